The number of benzene rings is 2. The summed E-state index contributed by atoms with van der Waals surface area (Å²) in [6, 6.07) is 10.7. The monoisotopic (exact) mass is 447 g/mol. The summed E-state index contributed by atoms with van der Waals surface area (Å²) >= 11 is 0. The second-order valence-corrected chi connectivity index (χ2v) is 7.68. The van der Waals surface area contributed by atoms with Crippen molar-refractivity contribution >= 4 is 33.3 Å². The van der Waals surface area contributed by atoms with Gasteiger partial charge in [0.05, 0.1) is 19.9 Å². The number of carbonyl (C=O) groups excluding carboxylic acids is 1. The minimum atomic E-state index is -4.00. The van der Waals surface area contributed by atoms with Crippen molar-refractivity contribution in [3.8, 4) is 11.5 Å². The Morgan fingerprint density at radius 3 is 2.29 bits per heavy atom. The molecular formula is C20H21N3O7S. The number of amides is 1. The third-order valence-electron chi connectivity index (χ3n) is 3.94. The molecule has 31 heavy (non-hydrogen) atoms. The number of aliphatic carboxylic acids is 1. The van der Waals surface area contributed by atoms with Gasteiger partial charge in [0, 0.05) is 23.9 Å². The summed E-state index contributed by atoms with van der Waals surface area (Å²) in [6.45, 7) is 1.61. The zero-order chi connectivity index (χ0) is 23.0. The Labute approximate surface area is 179 Å². The molecule has 0 radical (unpaired) electrons. The summed E-state index contributed by atoms with van der Waals surface area (Å²) in [5.41, 5.74) is 1.41. The number of nitrogens with zero attached hydrogens (tertiary/aromatic N) is 1. The topological polar surface area (TPSA) is 143 Å². The van der Waals surface area contributed by atoms with Crippen LogP contribution in [0.15, 0.2) is 64.6 Å². The molecule has 3 N–H and O–H groups in total. The number of hydrogen-bond acceptors (Lipinski definition) is 7. The van der Waals surface area contributed by atoms with Gasteiger partial charge in [-0.3, -0.25) is 4.79 Å². The summed E-state index contributed by atoms with van der Waals surface area (Å²) in [4.78, 5) is 24.1. The van der Waals surface area contributed by atoms with Gasteiger partial charge in [-0.25, -0.2) is 4.79 Å². The zero-order valence-corrected chi connectivity index (χ0v) is 17.8. The van der Waals surface area contributed by atoms with Gasteiger partial charge in [0.2, 0.25) is 5.91 Å². The second-order valence-electron chi connectivity index (χ2n) is 6.05. The first-order chi connectivity index (χ1) is 14.7. The lowest BCUT2D eigenvalue weighted by Crippen LogP contribution is -2.20. The molecule has 0 fully saturated rings. The number of carbonyl (C=O) groups is 2. The number of nitrogens with one attached hydrogen (secondary N) is 2. The average molecular weight is 447 g/mol. The quantitative estimate of drug-likeness (QED) is 0.303. The van der Waals surface area contributed by atoms with Crippen LogP contribution in [0.2, 0.25) is 0 Å². The zero-order valence-electron chi connectivity index (χ0n) is 16.9. The largest absolute Gasteiger partial charge is 0.497 e. The average Bonchev–Trinajstić information content (AvgIpc) is 2.76. The van der Waals surface area contributed by atoms with Crippen LogP contribution in [0.1, 0.15) is 12.5 Å². The molecule has 0 unspecified atom stereocenters. The number of anilines is 1. The second kappa shape index (κ2) is 10.3. The lowest BCUT2D eigenvalue weighted by molar-refractivity contribution is -0.131. The van der Waals surface area contributed by atoms with E-state index in [4.69, 9.17) is 14.6 Å². The van der Waals surface area contributed by atoms with E-state index >= 15 is 0 Å². The molecule has 10 nitrogen and oxygen atoms in total. The molecule has 0 aliphatic rings. The Balaban J connectivity index is 2.13. The summed E-state index contributed by atoms with van der Waals surface area (Å²) in [5, 5.41) is 14.9. The number of ether oxygens (including phenoxy) is 2. The van der Waals surface area contributed by atoms with Gasteiger partial charge in [-0.2, -0.15) is 18.4 Å². The molecule has 2 aromatic carbocycles. The van der Waals surface area contributed by atoms with Crippen molar-refractivity contribution in [2.75, 3.05) is 19.5 Å². The Hall–Kier alpha value is -3.86. The highest BCUT2D eigenvalue weighted by molar-refractivity contribution is 7.89. The molecule has 0 aromatic heterocycles. The van der Waals surface area contributed by atoms with Gasteiger partial charge < -0.3 is 19.9 Å². The van der Waals surface area contributed by atoms with Crippen LogP contribution in [0.5, 0.6) is 11.5 Å². The molecule has 11 heteroatoms. The Morgan fingerprint density at radius 2 is 1.71 bits per heavy atom. The molecule has 0 atom stereocenters. The van der Waals surface area contributed by atoms with E-state index < -0.39 is 21.9 Å². The van der Waals surface area contributed by atoms with E-state index in [-0.39, 0.29) is 10.6 Å². The molecule has 0 aliphatic heterocycles. The smallest absolute Gasteiger partial charge is 0.328 e. The van der Waals surface area contributed by atoms with Crippen molar-refractivity contribution in [3.05, 3.63) is 60.2 Å². The summed E-state index contributed by atoms with van der Waals surface area (Å²) in [7, 11) is -1.20. The van der Waals surface area contributed by atoms with Crippen molar-refractivity contribution in [3.63, 3.8) is 0 Å². The summed E-state index contributed by atoms with van der Waals surface area (Å²) < 4.78 is 35.4. The first-order valence-electron chi connectivity index (χ1n) is 8.77. The maximum atomic E-state index is 12.6. The molecule has 0 saturated heterocycles. The lowest BCUT2D eigenvalue weighted by Gasteiger charge is -2.11. The summed E-state index contributed by atoms with van der Waals surface area (Å²) in [6.07, 6.45) is 1.62. The van der Waals surface area contributed by atoms with Gasteiger partial charge in [0.15, 0.2) is 0 Å². The SMILES string of the molecule is COc1ccc(S(=O)(=O)N/N=C(\C)c2ccc(NC(=O)/C=C/C(=O)O)cc2)c(OC)c1. The highest BCUT2D eigenvalue weighted by Gasteiger charge is 2.20. The standard InChI is InChI=1S/C20H21N3O7S/c1-13(14-4-6-15(7-5-14)21-19(24)10-11-20(25)26)22-23-31(27,28)18-9-8-16(29-2)12-17(18)30-3/h4-12,23H,1-3H3,(H,21,24)(H,25,26)/b11-10+,22-13+. The molecule has 0 saturated carbocycles. The van der Waals surface area contributed by atoms with E-state index in [2.05, 4.69) is 15.2 Å². The molecule has 2 aromatic rings. The lowest BCUT2D eigenvalue weighted by atomic mass is 10.1. The number of sulfonamides is 1. The fourth-order valence-corrected chi connectivity index (χ4v) is 3.37. The van der Waals surface area contributed by atoms with Crippen LogP contribution < -0.4 is 19.6 Å². The summed E-state index contributed by atoms with van der Waals surface area (Å²) in [5.74, 6) is -1.27. The van der Waals surface area contributed by atoms with E-state index in [0.717, 1.165) is 12.2 Å². The fourth-order valence-electron chi connectivity index (χ4n) is 2.36. The van der Waals surface area contributed by atoms with Gasteiger partial charge in [-0.15, -0.1) is 0 Å². The van der Waals surface area contributed by atoms with Crippen molar-refractivity contribution < 1.29 is 32.6 Å². The Morgan fingerprint density at radius 1 is 1.03 bits per heavy atom. The number of carboxylic acid groups (broad SMARTS) is 1. The molecular weight excluding hydrogens is 426 g/mol. The number of methoxy groups -OCH3 is 2. The van der Waals surface area contributed by atoms with Gasteiger partial charge in [-0.05, 0) is 36.8 Å². The number of rotatable bonds is 9. The van der Waals surface area contributed by atoms with Crippen LogP contribution in [-0.4, -0.2) is 45.3 Å². The van der Waals surface area contributed by atoms with Gasteiger partial charge in [0.25, 0.3) is 10.0 Å². The van der Waals surface area contributed by atoms with Gasteiger partial charge in [-0.1, -0.05) is 12.1 Å². The van der Waals surface area contributed by atoms with Crippen LogP contribution in [-0.2, 0) is 19.6 Å². The fraction of sp³-hybridized carbons (Fsp3) is 0.150. The maximum Gasteiger partial charge on any atom is 0.328 e. The molecule has 0 aliphatic carbocycles. The van der Waals surface area contributed by atoms with Gasteiger partial charge >= 0.3 is 5.97 Å². The number of carboxylic acids is 1. The van der Waals surface area contributed by atoms with Crippen LogP contribution in [0.4, 0.5) is 5.69 Å². The van der Waals surface area contributed by atoms with Crippen molar-refractivity contribution in [1.29, 1.82) is 0 Å². The Bertz CT molecular complexity index is 1120. The van der Waals surface area contributed by atoms with E-state index in [0.29, 0.717) is 22.7 Å². The minimum Gasteiger partial charge on any atom is -0.497 e. The van der Waals surface area contributed by atoms with Crippen molar-refractivity contribution in [1.82, 2.24) is 4.83 Å². The van der Waals surface area contributed by atoms with Crippen LogP contribution in [0.3, 0.4) is 0 Å². The number of hydrogen-bond donors (Lipinski definition) is 3. The predicted molar refractivity (Wildman–Crippen MR) is 114 cm³/mol. The normalized spacial score (nSPS) is 11.8. The predicted octanol–water partition coefficient (Wildman–Crippen LogP) is 1.99. The third-order valence-corrected chi connectivity index (χ3v) is 5.19. The molecule has 2 rings (SSSR count). The van der Waals surface area contributed by atoms with Crippen LogP contribution in [0, 0.1) is 0 Å². The van der Waals surface area contributed by atoms with Gasteiger partial charge in [0.1, 0.15) is 16.4 Å². The van der Waals surface area contributed by atoms with E-state index in [9.17, 15) is 18.0 Å². The number of hydrazone groups is 1. The van der Waals surface area contributed by atoms with E-state index in [1.165, 1.54) is 32.4 Å². The molecule has 0 spiro atoms. The minimum absolute atomic E-state index is 0.0974. The molecule has 0 heterocycles. The van der Waals surface area contributed by atoms with Crippen molar-refractivity contribution in [2.24, 2.45) is 5.10 Å². The molecule has 164 valence electrons. The van der Waals surface area contributed by atoms with Crippen LogP contribution >= 0.6 is 0 Å². The van der Waals surface area contributed by atoms with E-state index in [1.807, 2.05) is 0 Å². The Kier molecular flexibility index (Phi) is 7.75. The highest BCUT2D eigenvalue weighted by Crippen LogP contribution is 2.28. The van der Waals surface area contributed by atoms with E-state index in [1.54, 1.807) is 31.2 Å². The van der Waals surface area contributed by atoms with Crippen LogP contribution in [0.25, 0.3) is 0 Å². The molecule has 1 amide bonds. The maximum absolute atomic E-state index is 12.6. The third kappa shape index (κ3) is 6.57. The first-order valence-corrected chi connectivity index (χ1v) is 10.2. The van der Waals surface area contributed by atoms with Crippen molar-refractivity contribution in [2.45, 2.75) is 11.8 Å². The highest BCUT2D eigenvalue weighted by atomic mass is 32.2. The first kappa shape index (κ1) is 23.4. The molecule has 0 bridgehead atoms.